The average Bonchev–Trinajstić information content (AvgIpc) is 3.12. The fourth-order valence-corrected chi connectivity index (χ4v) is 4.12. The van der Waals surface area contributed by atoms with Crippen molar-refractivity contribution in [2.24, 2.45) is 0 Å². The van der Waals surface area contributed by atoms with E-state index in [0.29, 0.717) is 21.3 Å². The van der Waals surface area contributed by atoms with Gasteiger partial charge in [0.1, 0.15) is 10.9 Å². The van der Waals surface area contributed by atoms with Crippen LogP contribution in [0, 0.1) is 0 Å². The number of thioether (sulfide) groups is 1. The third-order valence-corrected chi connectivity index (χ3v) is 5.36. The summed E-state index contributed by atoms with van der Waals surface area (Å²) in [5, 5.41) is 5.30. The zero-order valence-corrected chi connectivity index (χ0v) is 15.5. The second kappa shape index (κ2) is 6.98. The fraction of sp³-hybridized carbons (Fsp3) is 0.0526. The maximum atomic E-state index is 13.0. The van der Waals surface area contributed by atoms with Crippen molar-refractivity contribution in [1.82, 2.24) is 5.32 Å². The molecule has 2 N–H and O–H groups in total. The molecule has 2 aliphatic heterocycles. The van der Waals surface area contributed by atoms with Crippen LogP contribution in [-0.2, 0) is 14.4 Å². The Balaban J connectivity index is 1.66. The number of thiocarbonyl (C=S) groups is 1. The molecule has 0 aromatic heterocycles. The molecule has 0 radical (unpaired) electrons. The van der Waals surface area contributed by atoms with E-state index in [4.69, 9.17) is 12.2 Å². The van der Waals surface area contributed by atoms with E-state index in [0.717, 1.165) is 11.8 Å². The molecule has 0 spiro atoms. The van der Waals surface area contributed by atoms with Gasteiger partial charge in [0.15, 0.2) is 0 Å². The number of para-hydroxylation sites is 2. The van der Waals surface area contributed by atoms with Gasteiger partial charge in [0.25, 0.3) is 11.8 Å². The average molecular weight is 395 g/mol. The van der Waals surface area contributed by atoms with Crippen molar-refractivity contribution in [2.45, 2.75) is 0 Å². The Morgan fingerprint density at radius 2 is 1.78 bits per heavy atom. The minimum Gasteiger partial charge on any atom is -0.325 e. The minimum atomic E-state index is -0.390. The number of rotatable bonds is 3. The van der Waals surface area contributed by atoms with Crippen molar-refractivity contribution < 1.29 is 14.4 Å². The third kappa shape index (κ3) is 3.24. The van der Waals surface area contributed by atoms with Gasteiger partial charge < -0.3 is 10.6 Å². The summed E-state index contributed by atoms with van der Waals surface area (Å²) in [6, 6.07) is 16.1. The van der Waals surface area contributed by atoms with Crippen LogP contribution in [0.15, 0.2) is 59.5 Å². The lowest BCUT2D eigenvalue weighted by Crippen LogP contribution is -2.35. The van der Waals surface area contributed by atoms with E-state index >= 15 is 0 Å². The summed E-state index contributed by atoms with van der Waals surface area (Å²) in [5.74, 6) is -1.10. The van der Waals surface area contributed by atoms with E-state index in [1.54, 1.807) is 36.4 Å². The Morgan fingerprint density at radius 3 is 2.48 bits per heavy atom. The number of anilines is 2. The molecule has 0 unspecified atom stereocenters. The topological polar surface area (TPSA) is 78.5 Å². The molecule has 134 valence electrons. The van der Waals surface area contributed by atoms with Crippen molar-refractivity contribution in [3.8, 4) is 0 Å². The highest BCUT2D eigenvalue weighted by molar-refractivity contribution is 8.27. The molecule has 3 amide bonds. The second-order valence-corrected chi connectivity index (χ2v) is 7.56. The Kier molecular flexibility index (Phi) is 4.51. The van der Waals surface area contributed by atoms with Gasteiger partial charge >= 0.3 is 0 Å². The van der Waals surface area contributed by atoms with Crippen LogP contribution in [-0.4, -0.2) is 28.6 Å². The highest BCUT2D eigenvalue weighted by Gasteiger charge is 2.39. The second-order valence-electron chi connectivity index (χ2n) is 5.87. The van der Waals surface area contributed by atoms with Gasteiger partial charge in [-0.1, -0.05) is 60.4 Å². The predicted octanol–water partition coefficient (Wildman–Crippen LogP) is 2.53. The molecule has 2 aromatic rings. The van der Waals surface area contributed by atoms with Crippen molar-refractivity contribution in [3.05, 3.63) is 65.1 Å². The lowest BCUT2D eigenvalue weighted by molar-refractivity contribution is -0.118. The zero-order valence-electron chi connectivity index (χ0n) is 13.9. The van der Waals surface area contributed by atoms with Gasteiger partial charge in [0.05, 0.1) is 16.2 Å². The van der Waals surface area contributed by atoms with Gasteiger partial charge in [-0.2, -0.15) is 0 Å². The molecule has 2 aliphatic rings. The number of amides is 3. The summed E-state index contributed by atoms with van der Waals surface area (Å²) in [5.41, 5.74) is 2.15. The maximum Gasteiger partial charge on any atom is 0.264 e. The summed E-state index contributed by atoms with van der Waals surface area (Å²) in [6.07, 6.45) is 0. The molecular weight excluding hydrogens is 382 g/mol. The summed E-state index contributed by atoms with van der Waals surface area (Å²) < 4.78 is 0.313. The fourth-order valence-electron chi connectivity index (χ4n) is 3.00. The molecule has 1 saturated heterocycles. The first kappa shape index (κ1) is 17.4. The number of benzene rings is 2. The lowest BCUT2D eigenvalue weighted by Gasteiger charge is -2.16. The minimum absolute atomic E-state index is 0.155. The highest BCUT2D eigenvalue weighted by Crippen LogP contribution is 2.42. The first-order valence-electron chi connectivity index (χ1n) is 8.08. The van der Waals surface area contributed by atoms with E-state index in [1.807, 2.05) is 18.2 Å². The number of nitrogens with one attached hydrogen (secondary N) is 2. The normalized spacial score (nSPS) is 18.5. The Morgan fingerprint density at radius 1 is 1.07 bits per heavy atom. The van der Waals surface area contributed by atoms with Gasteiger partial charge in [0, 0.05) is 11.3 Å². The van der Waals surface area contributed by atoms with Gasteiger partial charge in [-0.25, -0.2) is 0 Å². The lowest BCUT2D eigenvalue weighted by atomic mass is 10.1. The number of carbonyl (C=O) groups is 3. The highest BCUT2D eigenvalue weighted by atomic mass is 32.2. The van der Waals surface area contributed by atoms with Crippen LogP contribution in [0.2, 0.25) is 0 Å². The van der Waals surface area contributed by atoms with Gasteiger partial charge in [-0.05, 0) is 18.2 Å². The molecule has 0 bridgehead atoms. The molecule has 2 aromatic carbocycles. The molecule has 8 heteroatoms. The van der Waals surface area contributed by atoms with Gasteiger partial charge in [0.2, 0.25) is 5.91 Å². The van der Waals surface area contributed by atoms with Crippen LogP contribution >= 0.6 is 24.0 Å². The van der Waals surface area contributed by atoms with E-state index < -0.39 is 5.91 Å². The van der Waals surface area contributed by atoms with Crippen molar-refractivity contribution in [1.29, 1.82) is 0 Å². The number of hydrogen-bond donors (Lipinski definition) is 2. The molecule has 0 saturated carbocycles. The summed E-state index contributed by atoms with van der Waals surface area (Å²) in [7, 11) is 0. The summed E-state index contributed by atoms with van der Waals surface area (Å²) >= 11 is 6.09. The molecule has 0 atom stereocenters. The number of fused-ring (bicyclic) bond motifs is 1. The van der Waals surface area contributed by atoms with E-state index in [2.05, 4.69) is 10.6 Å². The Hall–Kier alpha value is -2.97. The predicted molar refractivity (Wildman–Crippen MR) is 109 cm³/mol. The number of nitrogens with zero attached hydrogens (tertiary/aromatic N) is 1. The number of hydrogen-bond acceptors (Lipinski definition) is 5. The van der Waals surface area contributed by atoms with E-state index in [1.165, 1.54) is 4.90 Å². The van der Waals surface area contributed by atoms with Crippen LogP contribution in [0.25, 0.3) is 5.57 Å². The largest absolute Gasteiger partial charge is 0.325 e. The van der Waals surface area contributed by atoms with Crippen molar-refractivity contribution >= 4 is 63.0 Å². The van der Waals surface area contributed by atoms with Gasteiger partial charge in [-0.15, -0.1) is 0 Å². The molecule has 1 fully saturated rings. The smallest absolute Gasteiger partial charge is 0.264 e. The molecule has 4 rings (SSSR count). The molecule has 27 heavy (non-hydrogen) atoms. The summed E-state index contributed by atoms with van der Waals surface area (Å²) in [4.78, 5) is 39.3. The van der Waals surface area contributed by atoms with Crippen LogP contribution in [0.4, 0.5) is 11.4 Å². The SMILES string of the molecule is O=C(CN1C(=O)/C(=C2/SC(=S)NC2=O)c2ccccc21)Nc1ccccc1. The summed E-state index contributed by atoms with van der Waals surface area (Å²) in [6.45, 7) is -0.155. The quantitative estimate of drug-likeness (QED) is 0.617. The van der Waals surface area contributed by atoms with E-state index in [9.17, 15) is 14.4 Å². The Labute approximate surface area is 164 Å². The molecular formula is C19H13N3O3S2. The third-order valence-electron chi connectivity index (χ3n) is 4.13. The van der Waals surface area contributed by atoms with E-state index in [-0.39, 0.29) is 28.8 Å². The Bertz CT molecular complexity index is 1020. The van der Waals surface area contributed by atoms with Crippen LogP contribution in [0.3, 0.4) is 0 Å². The molecule has 6 nitrogen and oxygen atoms in total. The van der Waals surface area contributed by atoms with Crippen LogP contribution in [0.5, 0.6) is 0 Å². The monoisotopic (exact) mass is 395 g/mol. The first-order chi connectivity index (χ1) is 13.0. The van der Waals surface area contributed by atoms with Gasteiger partial charge in [-0.3, -0.25) is 19.3 Å². The standard InChI is InChI=1S/C19H13N3O3S2/c23-14(20-11-6-2-1-3-7-11)10-22-13-9-5-4-8-12(13)15(18(22)25)16-17(24)21-19(26)27-16/h1-9H,10H2,(H,20,23)(H,21,24,26)/b16-15+. The van der Waals surface area contributed by atoms with Crippen LogP contribution in [0.1, 0.15) is 5.56 Å². The van der Waals surface area contributed by atoms with Crippen molar-refractivity contribution in [2.75, 3.05) is 16.8 Å². The number of carbonyl (C=O) groups excluding carboxylic acids is 3. The molecule has 0 aliphatic carbocycles. The first-order valence-corrected chi connectivity index (χ1v) is 9.30. The molecule has 2 heterocycles. The van der Waals surface area contributed by atoms with Crippen LogP contribution < -0.4 is 15.5 Å². The zero-order chi connectivity index (χ0) is 19.0. The van der Waals surface area contributed by atoms with Crippen molar-refractivity contribution in [3.63, 3.8) is 0 Å². The maximum absolute atomic E-state index is 13.0.